The molecule has 1 rings (SSSR count). The topological polar surface area (TPSA) is 46.5 Å². The van der Waals surface area contributed by atoms with Crippen molar-refractivity contribution in [3.63, 3.8) is 0 Å². The Morgan fingerprint density at radius 2 is 2.00 bits per heavy atom. The van der Waals surface area contributed by atoms with Gasteiger partial charge in [-0.25, -0.2) is 4.79 Å². The Morgan fingerprint density at radius 3 is 2.35 bits per heavy atom. The summed E-state index contributed by atoms with van der Waals surface area (Å²) in [7, 11) is 0.711. The van der Waals surface area contributed by atoms with E-state index in [-0.39, 0.29) is 0 Å². The Bertz CT molecular complexity index is 433. The standard InChI is InChI=1S/C10H8BrF3O3/c1-17-9(8(15)16,10(12,13)14)6-3-2-4-7(11)5-6/h2-5H,1H3,(H,15,16)/t9-/m1/s1. The van der Waals surface area contributed by atoms with Crippen molar-refractivity contribution in [3.8, 4) is 0 Å². The zero-order valence-electron chi connectivity index (χ0n) is 8.58. The van der Waals surface area contributed by atoms with E-state index in [0.29, 0.717) is 11.6 Å². The van der Waals surface area contributed by atoms with Crippen molar-refractivity contribution < 1.29 is 27.8 Å². The summed E-state index contributed by atoms with van der Waals surface area (Å²) in [5.41, 5.74) is -3.84. The molecule has 0 amide bonds. The molecule has 0 aromatic heterocycles. The molecule has 94 valence electrons. The molecule has 0 spiro atoms. The number of halogens is 4. The van der Waals surface area contributed by atoms with Crippen LogP contribution in [0.15, 0.2) is 28.7 Å². The molecule has 1 aromatic rings. The molecule has 17 heavy (non-hydrogen) atoms. The summed E-state index contributed by atoms with van der Waals surface area (Å²) >= 11 is 2.98. The first kappa shape index (κ1) is 14.0. The summed E-state index contributed by atoms with van der Waals surface area (Å²) in [6, 6.07) is 4.91. The van der Waals surface area contributed by atoms with Gasteiger partial charge in [0.1, 0.15) is 0 Å². The minimum Gasteiger partial charge on any atom is -0.479 e. The maximum Gasteiger partial charge on any atom is 0.432 e. The van der Waals surface area contributed by atoms with Gasteiger partial charge < -0.3 is 9.84 Å². The van der Waals surface area contributed by atoms with Crippen molar-refractivity contribution in [3.05, 3.63) is 34.3 Å². The lowest BCUT2D eigenvalue weighted by Gasteiger charge is -2.30. The van der Waals surface area contributed by atoms with E-state index in [0.717, 1.165) is 12.1 Å². The van der Waals surface area contributed by atoms with Gasteiger partial charge in [0.05, 0.1) is 0 Å². The highest BCUT2D eigenvalue weighted by Gasteiger charge is 2.63. The fourth-order valence-electron chi connectivity index (χ4n) is 1.44. The first-order valence-corrected chi connectivity index (χ1v) is 5.16. The summed E-state index contributed by atoms with van der Waals surface area (Å²) in [4.78, 5) is 11.0. The van der Waals surface area contributed by atoms with Crippen molar-refractivity contribution >= 4 is 21.9 Å². The Kier molecular flexibility index (Phi) is 3.83. The van der Waals surface area contributed by atoms with E-state index in [1.807, 2.05) is 0 Å². The molecule has 0 unspecified atom stereocenters. The lowest BCUT2D eigenvalue weighted by atomic mass is 9.93. The molecule has 0 aliphatic rings. The van der Waals surface area contributed by atoms with Crippen molar-refractivity contribution in [1.29, 1.82) is 0 Å². The molecule has 0 saturated carbocycles. The Labute approximate surface area is 103 Å². The van der Waals surface area contributed by atoms with Gasteiger partial charge in [-0.05, 0) is 12.1 Å². The number of methoxy groups -OCH3 is 1. The molecule has 1 N–H and O–H groups in total. The minimum atomic E-state index is -5.06. The molecule has 1 aromatic carbocycles. The number of hydrogen-bond donors (Lipinski definition) is 1. The van der Waals surface area contributed by atoms with E-state index in [1.165, 1.54) is 12.1 Å². The van der Waals surface area contributed by atoms with Crippen LogP contribution < -0.4 is 0 Å². The molecular formula is C10H8BrF3O3. The SMILES string of the molecule is CO[C@@](C(=O)O)(c1cccc(Br)c1)C(F)(F)F. The number of carbonyl (C=O) groups is 1. The minimum absolute atomic E-state index is 0.335. The van der Waals surface area contributed by atoms with Crippen molar-refractivity contribution in [2.24, 2.45) is 0 Å². The van der Waals surface area contributed by atoms with E-state index in [1.54, 1.807) is 0 Å². The molecule has 0 radical (unpaired) electrons. The third-order valence-corrected chi connectivity index (χ3v) is 2.73. The smallest absolute Gasteiger partial charge is 0.432 e. The zero-order chi connectivity index (χ0) is 13.3. The van der Waals surface area contributed by atoms with E-state index in [9.17, 15) is 18.0 Å². The number of ether oxygens (including phenoxy) is 1. The van der Waals surface area contributed by atoms with Gasteiger partial charge in [0, 0.05) is 17.1 Å². The van der Waals surface area contributed by atoms with Crippen LogP contribution in [0.25, 0.3) is 0 Å². The summed E-state index contributed by atoms with van der Waals surface area (Å²) in [5, 5.41) is 8.84. The zero-order valence-corrected chi connectivity index (χ0v) is 10.2. The second-order valence-corrected chi connectivity index (χ2v) is 4.11. The van der Waals surface area contributed by atoms with Crippen LogP contribution in [-0.2, 0) is 15.1 Å². The number of alkyl halides is 3. The highest BCUT2D eigenvalue weighted by molar-refractivity contribution is 9.10. The largest absolute Gasteiger partial charge is 0.479 e. The van der Waals surface area contributed by atoms with Crippen LogP contribution >= 0.6 is 15.9 Å². The molecular weight excluding hydrogens is 305 g/mol. The molecule has 0 heterocycles. The molecule has 3 nitrogen and oxygen atoms in total. The Balaban J connectivity index is 3.49. The lowest BCUT2D eigenvalue weighted by Crippen LogP contribution is -2.50. The third-order valence-electron chi connectivity index (χ3n) is 2.24. The average molecular weight is 313 g/mol. The van der Waals surface area contributed by atoms with Crippen LogP contribution in [0.3, 0.4) is 0 Å². The molecule has 0 fully saturated rings. The van der Waals surface area contributed by atoms with E-state index < -0.39 is 23.3 Å². The van der Waals surface area contributed by atoms with E-state index >= 15 is 0 Å². The van der Waals surface area contributed by atoms with Gasteiger partial charge in [-0.1, -0.05) is 28.1 Å². The molecule has 0 saturated heterocycles. The normalized spacial score (nSPS) is 15.4. The summed E-state index contributed by atoms with van der Waals surface area (Å²) in [6.07, 6.45) is -5.06. The van der Waals surface area contributed by atoms with Gasteiger partial charge in [0.2, 0.25) is 0 Å². The maximum atomic E-state index is 12.9. The van der Waals surface area contributed by atoms with Crippen LogP contribution in [0.2, 0.25) is 0 Å². The summed E-state index contributed by atoms with van der Waals surface area (Å²) in [5.74, 6) is -2.11. The lowest BCUT2D eigenvalue weighted by molar-refractivity contribution is -0.273. The van der Waals surface area contributed by atoms with Gasteiger partial charge in [0.15, 0.2) is 0 Å². The van der Waals surface area contributed by atoms with Crippen LogP contribution in [0.5, 0.6) is 0 Å². The fourth-order valence-corrected chi connectivity index (χ4v) is 1.84. The number of hydrogen-bond acceptors (Lipinski definition) is 2. The number of carboxylic acid groups (broad SMARTS) is 1. The van der Waals surface area contributed by atoms with E-state index in [4.69, 9.17) is 5.11 Å². The van der Waals surface area contributed by atoms with Crippen LogP contribution in [-0.4, -0.2) is 24.4 Å². The van der Waals surface area contributed by atoms with Crippen LogP contribution in [0.4, 0.5) is 13.2 Å². The summed E-state index contributed by atoms with van der Waals surface area (Å²) < 4.78 is 43.4. The number of carboxylic acids is 1. The van der Waals surface area contributed by atoms with Crippen LogP contribution in [0, 0.1) is 0 Å². The van der Waals surface area contributed by atoms with Crippen molar-refractivity contribution in [2.75, 3.05) is 7.11 Å². The Morgan fingerprint density at radius 1 is 1.41 bits per heavy atom. The second kappa shape index (κ2) is 4.66. The van der Waals surface area contributed by atoms with Gasteiger partial charge in [0.25, 0.3) is 5.60 Å². The number of benzene rings is 1. The van der Waals surface area contributed by atoms with Gasteiger partial charge in [-0.2, -0.15) is 13.2 Å². The van der Waals surface area contributed by atoms with Crippen molar-refractivity contribution in [2.45, 2.75) is 11.8 Å². The predicted molar refractivity (Wildman–Crippen MR) is 56.5 cm³/mol. The first-order valence-electron chi connectivity index (χ1n) is 4.37. The van der Waals surface area contributed by atoms with Gasteiger partial charge >= 0.3 is 12.1 Å². The van der Waals surface area contributed by atoms with Crippen LogP contribution in [0.1, 0.15) is 5.56 Å². The maximum absolute atomic E-state index is 12.9. The number of aliphatic carboxylic acids is 1. The third kappa shape index (κ3) is 2.30. The molecule has 0 aliphatic carbocycles. The first-order chi connectivity index (χ1) is 7.75. The quantitative estimate of drug-likeness (QED) is 0.933. The fraction of sp³-hybridized carbons (Fsp3) is 0.300. The number of rotatable bonds is 3. The molecule has 0 bridgehead atoms. The molecule has 7 heteroatoms. The second-order valence-electron chi connectivity index (χ2n) is 3.20. The molecule has 0 aliphatic heterocycles. The summed E-state index contributed by atoms with van der Waals surface area (Å²) in [6.45, 7) is 0. The highest BCUT2D eigenvalue weighted by Crippen LogP contribution is 2.42. The monoisotopic (exact) mass is 312 g/mol. The van der Waals surface area contributed by atoms with Crippen molar-refractivity contribution in [1.82, 2.24) is 0 Å². The van der Waals surface area contributed by atoms with Gasteiger partial charge in [-0.15, -0.1) is 0 Å². The van der Waals surface area contributed by atoms with E-state index in [2.05, 4.69) is 20.7 Å². The average Bonchev–Trinajstić information content (AvgIpc) is 2.16. The van der Waals surface area contributed by atoms with Gasteiger partial charge in [-0.3, -0.25) is 0 Å². The predicted octanol–water partition coefficient (Wildman–Crippen LogP) is 2.94. The highest BCUT2D eigenvalue weighted by atomic mass is 79.9. The Hall–Kier alpha value is -1.08. The molecule has 1 atom stereocenters.